The minimum atomic E-state index is 0.120. The minimum Gasteiger partial charge on any atom is -0.0843 e. The zero-order valence-electron chi connectivity index (χ0n) is 10.5. The van der Waals surface area contributed by atoms with Gasteiger partial charge in [-0.2, -0.15) is 0 Å². The van der Waals surface area contributed by atoms with Crippen LogP contribution in [0.3, 0.4) is 0 Å². The average Bonchev–Trinajstić information content (AvgIpc) is 2.36. The molecular weight excluding hydrogens is 458 g/mol. The fourth-order valence-corrected chi connectivity index (χ4v) is 4.30. The first-order valence-electron chi connectivity index (χ1n) is 5.76. The summed E-state index contributed by atoms with van der Waals surface area (Å²) < 4.78 is 1.19. The summed E-state index contributed by atoms with van der Waals surface area (Å²) in [5, 5.41) is 1.56. The number of aryl methyl sites for hydroxylation is 2. The highest BCUT2D eigenvalue weighted by Gasteiger charge is 2.17. The molecule has 0 aliphatic carbocycles. The normalized spacial score (nSPS) is 12.5. The van der Waals surface area contributed by atoms with Crippen LogP contribution >= 0.6 is 61.7 Å². The average molecular weight is 470 g/mol. The first-order chi connectivity index (χ1) is 8.90. The zero-order valence-corrected chi connectivity index (χ0v) is 15.7. The monoisotopic (exact) mass is 468 g/mol. The second-order valence-corrected chi connectivity index (χ2v) is 7.41. The molecule has 0 amide bonds. The Hall–Kier alpha value is 0.230. The molecule has 0 fully saturated rings. The van der Waals surface area contributed by atoms with E-state index in [4.69, 9.17) is 23.2 Å². The lowest BCUT2D eigenvalue weighted by molar-refractivity contribution is 1.12. The number of hydrogen-bond acceptors (Lipinski definition) is 0. The smallest absolute Gasteiger partial charge is 0.0658 e. The lowest BCUT2D eigenvalue weighted by Gasteiger charge is -2.17. The fourth-order valence-electron chi connectivity index (χ4n) is 1.95. The summed E-state index contributed by atoms with van der Waals surface area (Å²) in [6.07, 6.45) is 0. The molecule has 19 heavy (non-hydrogen) atoms. The summed E-state index contributed by atoms with van der Waals surface area (Å²) >= 11 is 18.4. The van der Waals surface area contributed by atoms with E-state index >= 15 is 0 Å². The maximum Gasteiger partial charge on any atom is 0.0658 e. The van der Waals surface area contributed by atoms with E-state index in [2.05, 4.69) is 51.5 Å². The predicted octanol–water partition coefficient (Wildman–Crippen LogP) is 6.70. The summed E-state index contributed by atoms with van der Waals surface area (Å²) in [6, 6.07) is 10.1. The molecule has 0 saturated carbocycles. The van der Waals surface area contributed by atoms with Crippen molar-refractivity contribution in [2.24, 2.45) is 0 Å². The molecule has 0 heterocycles. The highest BCUT2D eigenvalue weighted by atomic mass is 127. The Balaban J connectivity index is 2.52. The third kappa shape index (κ3) is 3.46. The van der Waals surface area contributed by atoms with Gasteiger partial charge >= 0.3 is 0 Å². The van der Waals surface area contributed by atoms with Crippen LogP contribution in [0.15, 0.2) is 30.3 Å². The molecule has 0 aliphatic rings. The van der Waals surface area contributed by atoms with Crippen LogP contribution in [0.5, 0.6) is 0 Å². The number of hydrogen-bond donors (Lipinski definition) is 0. The Morgan fingerprint density at radius 1 is 1.00 bits per heavy atom. The van der Waals surface area contributed by atoms with Crippen molar-refractivity contribution >= 4 is 61.7 Å². The molecule has 0 bridgehead atoms. The Morgan fingerprint density at radius 2 is 1.68 bits per heavy atom. The molecule has 1 atom stereocenters. The van der Waals surface area contributed by atoms with Gasteiger partial charge in [-0.15, -0.1) is 0 Å². The van der Waals surface area contributed by atoms with Gasteiger partial charge in [0, 0.05) is 13.6 Å². The van der Waals surface area contributed by atoms with Crippen LogP contribution in [0.25, 0.3) is 0 Å². The second kappa shape index (κ2) is 6.33. The molecule has 0 N–H and O–H groups in total. The molecular formula is C15H12BrCl2I. The summed E-state index contributed by atoms with van der Waals surface area (Å²) in [5.41, 5.74) is 4.66. The van der Waals surface area contributed by atoms with Gasteiger partial charge in [0.2, 0.25) is 0 Å². The summed E-state index contributed by atoms with van der Waals surface area (Å²) in [4.78, 5) is 0.120. The molecule has 0 saturated heterocycles. The van der Waals surface area contributed by atoms with Crippen molar-refractivity contribution in [1.29, 1.82) is 0 Å². The Labute approximate surface area is 145 Å². The highest BCUT2D eigenvalue weighted by molar-refractivity contribution is 14.1. The van der Waals surface area contributed by atoms with Crippen molar-refractivity contribution in [1.82, 2.24) is 0 Å². The number of alkyl halides is 1. The van der Waals surface area contributed by atoms with Crippen LogP contribution < -0.4 is 0 Å². The van der Waals surface area contributed by atoms with E-state index in [0.717, 1.165) is 15.6 Å². The molecule has 1 unspecified atom stereocenters. The number of halogens is 4. The van der Waals surface area contributed by atoms with Crippen molar-refractivity contribution < 1.29 is 0 Å². The van der Waals surface area contributed by atoms with Crippen LogP contribution in [0.4, 0.5) is 0 Å². The van der Waals surface area contributed by atoms with Gasteiger partial charge in [-0.1, -0.05) is 45.2 Å². The first-order valence-corrected chi connectivity index (χ1v) is 8.51. The van der Waals surface area contributed by atoms with Crippen molar-refractivity contribution in [2.45, 2.75) is 18.7 Å². The van der Waals surface area contributed by atoms with E-state index in [1.807, 2.05) is 31.2 Å². The van der Waals surface area contributed by atoms with E-state index in [1.165, 1.54) is 20.3 Å². The molecule has 2 aromatic rings. The largest absolute Gasteiger partial charge is 0.0843 e. The summed E-state index contributed by atoms with van der Waals surface area (Å²) in [6.45, 7) is 4.10. The van der Waals surface area contributed by atoms with Crippen LogP contribution in [-0.4, -0.2) is 0 Å². The van der Waals surface area contributed by atoms with Crippen molar-refractivity contribution in [3.63, 3.8) is 0 Å². The van der Waals surface area contributed by atoms with E-state index in [9.17, 15) is 0 Å². The van der Waals surface area contributed by atoms with Crippen molar-refractivity contribution in [3.8, 4) is 0 Å². The van der Waals surface area contributed by atoms with Crippen LogP contribution in [0.2, 0.25) is 10.0 Å². The second-order valence-electron chi connectivity index (χ2n) is 4.49. The van der Waals surface area contributed by atoms with Crippen molar-refractivity contribution in [3.05, 3.63) is 66.2 Å². The predicted molar refractivity (Wildman–Crippen MR) is 95.9 cm³/mol. The molecule has 0 aromatic heterocycles. The molecule has 2 rings (SSSR count). The standard InChI is InChI=1S/C15H12BrCl2I/c1-8-6-13(18)9(2)5-11(8)15(16)12-7-10(17)3-4-14(12)19/h3-7,15H,1-2H3. The lowest BCUT2D eigenvalue weighted by Crippen LogP contribution is -1.99. The third-order valence-electron chi connectivity index (χ3n) is 3.05. The minimum absolute atomic E-state index is 0.120. The van der Waals surface area contributed by atoms with E-state index in [0.29, 0.717) is 0 Å². The lowest BCUT2D eigenvalue weighted by atomic mass is 9.98. The van der Waals surface area contributed by atoms with Gasteiger partial charge in [0.1, 0.15) is 0 Å². The molecule has 100 valence electrons. The number of rotatable bonds is 2. The van der Waals surface area contributed by atoms with Gasteiger partial charge in [0.05, 0.1) is 4.83 Å². The van der Waals surface area contributed by atoms with Crippen molar-refractivity contribution in [2.75, 3.05) is 0 Å². The molecule has 0 spiro atoms. The molecule has 0 radical (unpaired) electrons. The quantitative estimate of drug-likeness (QED) is 0.339. The summed E-state index contributed by atoms with van der Waals surface area (Å²) in [7, 11) is 0. The molecule has 4 heteroatoms. The Kier molecular flexibility index (Phi) is 5.21. The third-order valence-corrected chi connectivity index (χ3v) is 5.66. The van der Waals surface area contributed by atoms with Crippen LogP contribution in [0.1, 0.15) is 27.1 Å². The van der Waals surface area contributed by atoms with Gasteiger partial charge in [-0.25, -0.2) is 0 Å². The van der Waals surface area contributed by atoms with E-state index in [1.54, 1.807) is 0 Å². The SMILES string of the molecule is Cc1cc(C(Br)c2cc(Cl)ccc2I)c(C)cc1Cl. The first kappa shape index (κ1) is 15.6. The highest BCUT2D eigenvalue weighted by Crippen LogP contribution is 2.38. The van der Waals surface area contributed by atoms with Gasteiger partial charge < -0.3 is 0 Å². The molecule has 0 aliphatic heterocycles. The van der Waals surface area contributed by atoms with E-state index in [-0.39, 0.29) is 4.83 Å². The Bertz CT molecular complexity index is 626. The van der Waals surface area contributed by atoms with E-state index < -0.39 is 0 Å². The molecule has 2 aromatic carbocycles. The maximum absolute atomic E-state index is 6.16. The van der Waals surface area contributed by atoms with Gasteiger partial charge in [-0.05, 0) is 83.0 Å². The van der Waals surface area contributed by atoms with Gasteiger partial charge in [-0.3, -0.25) is 0 Å². The van der Waals surface area contributed by atoms with Gasteiger partial charge in [0.25, 0.3) is 0 Å². The van der Waals surface area contributed by atoms with Crippen LogP contribution in [0, 0.1) is 17.4 Å². The Morgan fingerprint density at radius 3 is 2.37 bits per heavy atom. The molecule has 0 nitrogen and oxygen atoms in total. The van der Waals surface area contributed by atoms with Crippen LogP contribution in [-0.2, 0) is 0 Å². The topological polar surface area (TPSA) is 0 Å². The maximum atomic E-state index is 6.16. The summed E-state index contributed by atoms with van der Waals surface area (Å²) in [5.74, 6) is 0. The fraction of sp³-hybridized carbons (Fsp3) is 0.200. The zero-order chi connectivity index (χ0) is 14.2. The van der Waals surface area contributed by atoms with Gasteiger partial charge in [0.15, 0.2) is 0 Å². The number of benzene rings is 2.